The second kappa shape index (κ2) is 13.9. The number of hydrogen-bond acceptors (Lipinski definition) is 5. The first-order valence-electron chi connectivity index (χ1n) is 12.1. The molecular formula is C27H38N2O4. The summed E-state index contributed by atoms with van der Waals surface area (Å²) in [6.07, 6.45) is 3.38. The molecule has 0 saturated carbocycles. The summed E-state index contributed by atoms with van der Waals surface area (Å²) in [4.78, 5) is 17.2. The minimum atomic E-state index is 0.168. The number of amides is 1. The van der Waals surface area contributed by atoms with Gasteiger partial charge in [-0.1, -0.05) is 42.5 Å². The molecule has 0 N–H and O–H groups in total. The minimum Gasteiger partial charge on any atom is -0.490 e. The van der Waals surface area contributed by atoms with Crippen LogP contribution in [0, 0.1) is 0 Å². The predicted molar refractivity (Wildman–Crippen MR) is 131 cm³/mol. The van der Waals surface area contributed by atoms with Gasteiger partial charge in [0.2, 0.25) is 5.91 Å². The maximum atomic E-state index is 12.8. The number of fused-ring (bicyclic) bond motifs is 1. The largest absolute Gasteiger partial charge is 0.490 e. The Morgan fingerprint density at radius 2 is 1.85 bits per heavy atom. The Balaban J connectivity index is 1.84. The lowest BCUT2D eigenvalue weighted by atomic mass is 10.1. The van der Waals surface area contributed by atoms with Crippen LogP contribution in [0.2, 0.25) is 0 Å². The second-order valence-corrected chi connectivity index (χ2v) is 8.41. The van der Waals surface area contributed by atoms with Crippen molar-refractivity contribution >= 4 is 5.91 Å². The van der Waals surface area contributed by atoms with Crippen molar-refractivity contribution < 1.29 is 19.0 Å². The first-order chi connectivity index (χ1) is 16.2. The molecular weight excluding hydrogens is 416 g/mol. The van der Waals surface area contributed by atoms with Gasteiger partial charge in [0.05, 0.1) is 26.2 Å². The van der Waals surface area contributed by atoms with Crippen molar-refractivity contribution in [3.05, 3.63) is 59.7 Å². The highest BCUT2D eigenvalue weighted by molar-refractivity contribution is 5.76. The Morgan fingerprint density at radius 3 is 2.64 bits per heavy atom. The van der Waals surface area contributed by atoms with Crippen LogP contribution in [0.3, 0.4) is 0 Å². The second-order valence-electron chi connectivity index (χ2n) is 8.41. The number of carbonyl (C=O) groups is 1. The lowest BCUT2D eigenvalue weighted by Gasteiger charge is -2.28. The summed E-state index contributed by atoms with van der Waals surface area (Å²) in [7, 11) is 1.64. The van der Waals surface area contributed by atoms with Crippen LogP contribution < -0.4 is 9.47 Å². The molecule has 0 radical (unpaired) electrons. The Hall–Kier alpha value is -2.57. The number of para-hydroxylation sites is 1. The number of methoxy groups -OCH3 is 1. The molecule has 1 amide bonds. The highest BCUT2D eigenvalue weighted by Crippen LogP contribution is 2.33. The standard InChI is InChI=1S/C27H38N2O4/c1-3-32-25-14-10-13-24-22-28(21-23-11-6-4-7-12-23)17-18-29(26(30)15-20-31-2)16-8-5-9-19-33-27(24)25/h4,6-7,10-14H,3,5,8-9,15-22H2,1-2H3. The first kappa shape index (κ1) is 25.1. The van der Waals surface area contributed by atoms with Crippen LogP contribution in [0.4, 0.5) is 0 Å². The van der Waals surface area contributed by atoms with Crippen molar-refractivity contribution in [1.29, 1.82) is 0 Å². The van der Waals surface area contributed by atoms with Crippen LogP contribution in [-0.4, -0.2) is 62.3 Å². The van der Waals surface area contributed by atoms with Crippen molar-refractivity contribution in [3.8, 4) is 11.5 Å². The highest BCUT2D eigenvalue weighted by Gasteiger charge is 2.19. The average Bonchev–Trinajstić information content (AvgIpc) is 2.84. The number of hydrogen-bond donors (Lipinski definition) is 0. The van der Waals surface area contributed by atoms with Gasteiger partial charge in [-0.05, 0) is 37.8 Å². The highest BCUT2D eigenvalue weighted by atomic mass is 16.5. The van der Waals surface area contributed by atoms with Gasteiger partial charge in [-0.25, -0.2) is 0 Å². The number of benzene rings is 2. The Kier molecular flexibility index (Phi) is 10.5. The lowest BCUT2D eigenvalue weighted by Crippen LogP contribution is -2.39. The molecule has 0 atom stereocenters. The Labute approximate surface area is 198 Å². The number of carbonyl (C=O) groups excluding carboxylic acids is 1. The third-order valence-corrected chi connectivity index (χ3v) is 5.88. The molecule has 0 aromatic heterocycles. The fourth-order valence-corrected chi connectivity index (χ4v) is 4.14. The van der Waals surface area contributed by atoms with E-state index in [0.29, 0.717) is 32.8 Å². The molecule has 0 saturated heterocycles. The van der Waals surface area contributed by atoms with Crippen LogP contribution in [0.25, 0.3) is 0 Å². The normalized spacial score (nSPS) is 16.0. The molecule has 1 heterocycles. The summed E-state index contributed by atoms with van der Waals surface area (Å²) >= 11 is 0. The quantitative estimate of drug-likeness (QED) is 0.616. The molecule has 2 aromatic rings. The summed E-state index contributed by atoms with van der Waals surface area (Å²) in [6.45, 7) is 7.51. The smallest absolute Gasteiger partial charge is 0.224 e. The van der Waals surface area contributed by atoms with Crippen molar-refractivity contribution in [1.82, 2.24) is 9.80 Å². The van der Waals surface area contributed by atoms with E-state index in [1.165, 1.54) is 5.56 Å². The predicted octanol–water partition coefficient (Wildman–Crippen LogP) is 4.52. The SMILES string of the molecule is CCOc1cccc2c1OCCCCCN(C(=O)CCOC)CCN(Cc1ccccc1)C2. The Bertz CT molecular complexity index is 843. The van der Waals surface area contributed by atoms with Gasteiger partial charge in [-0.2, -0.15) is 0 Å². The zero-order chi connectivity index (χ0) is 23.3. The van der Waals surface area contributed by atoms with Crippen LogP contribution in [0.5, 0.6) is 11.5 Å². The van der Waals surface area contributed by atoms with E-state index in [4.69, 9.17) is 14.2 Å². The molecule has 0 aliphatic carbocycles. The van der Waals surface area contributed by atoms with E-state index in [1.54, 1.807) is 7.11 Å². The summed E-state index contributed by atoms with van der Waals surface area (Å²) in [5, 5.41) is 0. The van der Waals surface area contributed by atoms with Crippen LogP contribution in [-0.2, 0) is 22.6 Å². The zero-order valence-corrected chi connectivity index (χ0v) is 20.1. The summed E-state index contributed by atoms with van der Waals surface area (Å²) in [5.41, 5.74) is 2.37. The van der Waals surface area contributed by atoms with Gasteiger partial charge in [-0.3, -0.25) is 9.69 Å². The topological polar surface area (TPSA) is 51.2 Å². The molecule has 0 unspecified atom stereocenters. The monoisotopic (exact) mass is 454 g/mol. The molecule has 1 aliphatic rings. The maximum absolute atomic E-state index is 12.8. The molecule has 180 valence electrons. The fraction of sp³-hybridized carbons (Fsp3) is 0.519. The van der Waals surface area contributed by atoms with Crippen molar-refractivity contribution in [2.75, 3.05) is 46.6 Å². The average molecular weight is 455 g/mol. The molecule has 3 rings (SSSR count). The van der Waals surface area contributed by atoms with Crippen LogP contribution in [0.1, 0.15) is 43.7 Å². The van der Waals surface area contributed by atoms with E-state index in [0.717, 1.165) is 62.5 Å². The van der Waals surface area contributed by atoms with Gasteiger partial charge in [0, 0.05) is 45.4 Å². The third-order valence-electron chi connectivity index (χ3n) is 5.88. The number of rotatable bonds is 7. The van der Waals surface area contributed by atoms with Crippen molar-refractivity contribution in [2.24, 2.45) is 0 Å². The molecule has 6 heteroatoms. The number of ether oxygens (including phenoxy) is 3. The number of nitrogens with zero attached hydrogens (tertiary/aromatic N) is 2. The molecule has 0 fully saturated rings. The zero-order valence-electron chi connectivity index (χ0n) is 20.1. The maximum Gasteiger partial charge on any atom is 0.224 e. The van der Waals surface area contributed by atoms with Gasteiger partial charge < -0.3 is 19.1 Å². The molecule has 1 aliphatic heterocycles. The lowest BCUT2D eigenvalue weighted by molar-refractivity contribution is -0.132. The summed E-state index contributed by atoms with van der Waals surface area (Å²) in [5.74, 6) is 1.83. The minimum absolute atomic E-state index is 0.168. The van der Waals surface area contributed by atoms with Gasteiger partial charge in [0.25, 0.3) is 0 Å². The molecule has 2 aromatic carbocycles. The Morgan fingerprint density at radius 1 is 1.00 bits per heavy atom. The molecule has 0 bridgehead atoms. The van der Waals surface area contributed by atoms with E-state index < -0.39 is 0 Å². The summed E-state index contributed by atoms with van der Waals surface area (Å²) in [6, 6.07) is 16.6. The van der Waals surface area contributed by atoms with Crippen LogP contribution in [0.15, 0.2) is 48.5 Å². The van der Waals surface area contributed by atoms with Gasteiger partial charge >= 0.3 is 0 Å². The van der Waals surface area contributed by atoms with Crippen molar-refractivity contribution in [3.63, 3.8) is 0 Å². The van der Waals surface area contributed by atoms with Gasteiger partial charge in [-0.15, -0.1) is 0 Å². The molecule has 33 heavy (non-hydrogen) atoms. The molecule has 0 spiro atoms. The van der Waals surface area contributed by atoms with E-state index in [1.807, 2.05) is 30.0 Å². The van der Waals surface area contributed by atoms with Crippen molar-refractivity contribution in [2.45, 2.75) is 45.7 Å². The summed E-state index contributed by atoms with van der Waals surface area (Å²) < 4.78 is 17.3. The fourth-order valence-electron chi connectivity index (χ4n) is 4.14. The van der Waals surface area contributed by atoms with Gasteiger partial charge in [0.1, 0.15) is 0 Å². The van der Waals surface area contributed by atoms with Gasteiger partial charge in [0.15, 0.2) is 11.5 Å². The van der Waals surface area contributed by atoms with E-state index in [2.05, 4.69) is 35.2 Å². The van der Waals surface area contributed by atoms with Crippen LogP contribution >= 0.6 is 0 Å². The first-order valence-corrected chi connectivity index (χ1v) is 12.1. The van der Waals surface area contributed by atoms with E-state index >= 15 is 0 Å². The third kappa shape index (κ3) is 8.06. The molecule has 6 nitrogen and oxygen atoms in total. The van der Waals surface area contributed by atoms with E-state index in [-0.39, 0.29) is 5.91 Å². The van der Waals surface area contributed by atoms with E-state index in [9.17, 15) is 4.79 Å².